The van der Waals surface area contributed by atoms with Gasteiger partial charge in [-0.25, -0.2) is 0 Å². The van der Waals surface area contributed by atoms with Crippen LogP contribution in [0.1, 0.15) is 33.6 Å². The van der Waals surface area contributed by atoms with E-state index in [1.54, 1.807) is 4.90 Å². The zero-order valence-corrected chi connectivity index (χ0v) is 18.2. The Morgan fingerprint density at radius 1 is 1.29 bits per heavy atom. The van der Waals surface area contributed by atoms with E-state index in [4.69, 9.17) is 17.0 Å². The lowest BCUT2D eigenvalue weighted by Crippen LogP contribution is -2.28. The molecule has 0 atom stereocenters. The number of allylic oxidation sites excluding steroid dienone is 4. The predicted molar refractivity (Wildman–Crippen MR) is 119 cm³/mol. The standard InChI is InChI=1S/C22H24N2O2S2/c1-5-24-20(25)19(28-21(24)27)15-10-14(12-22(2,3)13-15)11-18-23(4)16-8-6-7-9-17(16)26-18/h6-11H,5,12-13H2,1-4H3/b18-11+,19-15-. The second-order valence-electron chi connectivity index (χ2n) is 8.12. The molecule has 1 aromatic rings. The first-order valence-corrected chi connectivity index (χ1v) is 10.7. The third-order valence-electron chi connectivity index (χ3n) is 5.25. The average Bonchev–Trinajstić information content (AvgIpc) is 3.10. The van der Waals surface area contributed by atoms with E-state index in [1.165, 1.54) is 17.3 Å². The van der Waals surface area contributed by atoms with Gasteiger partial charge in [0.05, 0.1) is 10.6 Å². The number of carbonyl (C=O) groups is 1. The number of likely N-dealkylation sites (N-methyl/N-ethyl adjacent to an activating group) is 1. The van der Waals surface area contributed by atoms with E-state index in [1.807, 2.05) is 32.2 Å². The molecule has 1 aliphatic carbocycles. The van der Waals surface area contributed by atoms with Crippen molar-refractivity contribution < 1.29 is 9.53 Å². The molecule has 4 rings (SSSR count). The number of nitrogens with zero attached hydrogens (tertiary/aromatic N) is 2. The molecule has 146 valence electrons. The highest BCUT2D eigenvalue weighted by molar-refractivity contribution is 8.26. The van der Waals surface area contributed by atoms with Crippen molar-refractivity contribution in [3.05, 3.63) is 58.4 Å². The van der Waals surface area contributed by atoms with Crippen molar-refractivity contribution in [1.29, 1.82) is 0 Å². The molecule has 3 aliphatic rings. The highest BCUT2D eigenvalue weighted by Crippen LogP contribution is 2.45. The lowest BCUT2D eigenvalue weighted by molar-refractivity contribution is -0.122. The van der Waals surface area contributed by atoms with Crippen molar-refractivity contribution in [2.75, 3.05) is 18.5 Å². The summed E-state index contributed by atoms with van der Waals surface area (Å²) in [4.78, 5) is 17.3. The molecule has 0 spiro atoms. The molecular formula is C22H24N2O2S2. The minimum absolute atomic E-state index is 0.0371. The number of thiocarbonyl (C=S) groups is 1. The molecule has 0 aromatic heterocycles. The SMILES string of the molecule is CCN1C(=O)/C(=C2C=C(/C=C3/Oc4ccccc4N3C)CC(C)(C)C\2)SC1=S. The molecule has 2 heterocycles. The number of para-hydroxylation sites is 2. The Morgan fingerprint density at radius 2 is 2.04 bits per heavy atom. The summed E-state index contributed by atoms with van der Waals surface area (Å²) < 4.78 is 6.71. The van der Waals surface area contributed by atoms with Gasteiger partial charge in [-0.3, -0.25) is 9.69 Å². The number of benzene rings is 1. The van der Waals surface area contributed by atoms with E-state index in [0.717, 1.165) is 40.6 Å². The van der Waals surface area contributed by atoms with Crippen LogP contribution in [0.5, 0.6) is 5.75 Å². The van der Waals surface area contributed by atoms with Gasteiger partial charge in [-0.15, -0.1) is 0 Å². The van der Waals surface area contributed by atoms with Crippen molar-refractivity contribution in [3.8, 4) is 5.75 Å². The zero-order chi connectivity index (χ0) is 20.1. The molecule has 0 radical (unpaired) electrons. The summed E-state index contributed by atoms with van der Waals surface area (Å²) in [6.07, 6.45) is 6.05. The van der Waals surface area contributed by atoms with E-state index in [9.17, 15) is 4.79 Å². The number of ether oxygens (including phenoxy) is 1. The lowest BCUT2D eigenvalue weighted by atomic mass is 9.75. The van der Waals surface area contributed by atoms with E-state index in [-0.39, 0.29) is 11.3 Å². The molecule has 1 aromatic carbocycles. The van der Waals surface area contributed by atoms with Crippen molar-refractivity contribution in [2.45, 2.75) is 33.6 Å². The fraction of sp³-hybridized carbons (Fsp3) is 0.364. The minimum atomic E-state index is 0.0371. The number of fused-ring (bicyclic) bond motifs is 1. The minimum Gasteiger partial charge on any atom is -0.439 e. The maximum absolute atomic E-state index is 12.8. The molecule has 2 aliphatic heterocycles. The van der Waals surface area contributed by atoms with E-state index >= 15 is 0 Å². The van der Waals surface area contributed by atoms with Crippen LogP contribution >= 0.6 is 24.0 Å². The van der Waals surface area contributed by atoms with Gasteiger partial charge in [0.25, 0.3) is 5.91 Å². The first-order chi connectivity index (χ1) is 13.3. The Morgan fingerprint density at radius 3 is 2.71 bits per heavy atom. The van der Waals surface area contributed by atoms with Crippen LogP contribution in [0.25, 0.3) is 0 Å². The Hall–Kier alpha value is -2.05. The van der Waals surface area contributed by atoms with Gasteiger partial charge in [-0.05, 0) is 48.5 Å². The predicted octanol–water partition coefficient (Wildman–Crippen LogP) is 5.24. The third kappa shape index (κ3) is 3.40. The number of anilines is 1. The van der Waals surface area contributed by atoms with Gasteiger partial charge in [0.2, 0.25) is 5.88 Å². The maximum atomic E-state index is 12.8. The van der Waals surface area contributed by atoms with Crippen molar-refractivity contribution in [1.82, 2.24) is 4.90 Å². The Kier molecular flexibility index (Phi) is 4.88. The first-order valence-electron chi connectivity index (χ1n) is 9.49. The summed E-state index contributed by atoms with van der Waals surface area (Å²) >= 11 is 6.82. The van der Waals surface area contributed by atoms with Crippen LogP contribution in [-0.2, 0) is 4.79 Å². The Bertz CT molecular complexity index is 959. The average molecular weight is 413 g/mol. The van der Waals surface area contributed by atoms with Crippen molar-refractivity contribution in [2.24, 2.45) is 5.41 Å². The summed E-state index contributed by atoms with van der Waals surface area (Å²) in [5.41, 5.74) is 3.38. The number of amides is 1. The van der Waals surface area contributed by atoms with Gasteiger partial charge < -0.3 is 9.64 Å². The van der Waals surface area contributed by atoms with E-state index in [0.29, 0.717) is 10.9 Å². The van der Waals surface area contributed by atoms with Gasteiger partial charge in [0.1, 0.15) is 4.32 Å². The number of hydrogen-bond donors (Lipinski definition) is 0. The maximum Gasteiger partial charge on any atom is 0.266 e. The summed E-state index contributed by atoms with van der Waals surface area (Å²) in [5.74, 6) is 1.72. The van der Waals surface area contributed by atoms with Gasteiger partial charge in [0, 0.05) is 19.7 Å². The summed E-state index contributed by atoms with van der Waals surface area (Å²) in [7, 11) is 2.01. The molecule has 4 nitrogen and oxygen atoms in total. The lowest BCUT2D eigenvalue weighted by Gasteiger charge is -2.31. The third-order valence-corrected chi connectivity index (χ3v) is 6.76. The fourth-order valence-electron chi connectivity index (χ4n) is 3.97. The van der Waals surface area contributed by atoms with Crippen LogP contribution in [0.2, 0.25) is 0 Å². The first kappa shape index (κ1) is 19.3. The van der Waals surface area contributed by atoms with Gasteiger partial charge >= 0.3 is 0 Å². The molecule has 6 heteroatoms. The van der Waals surface area contributed by atoms with E-state index < -0.39 is 0 Å². The highest BCUT2D eigenvalue weighted by atomic mass is 32.2. The Labute approximate surface area is 175 Å². The number of thioether (sulfide) groups is 1. The molecule has 1 fully saturated rings. The van der Waals surface area contributed by atoms with Crippen LogP contribution < -0.4 is 9.64 Å². The smallest absolute Gasteiger partial charge is 0.266 e. The molecule has 28 heavy (non-hydrogen) atoms. The summed E-state index contributed by atoms with van der Waals surface area (Å²) in [5, 5.41) is 0. The van der Waals surface area contributed by atoms with Crippen molar-refractivity contribution >= 4 is 39.9 Å². The molecule has 0 N–H and O–H groups in total. The molecular weight excluding hydrogens is 388 g/mol. The second kappa shape index (κ2) is 7.08. The highest BCUT2D eigenvalue weighted by Gasteiger charge is 2.36. The second-order valence-corrected chi connectivity index (χ2v) is 9.76. The van der Waals surface area contributed by atoms with Crippen LogP contribution in [0.3, 0.4) is 0 Å². The topological polar surface area (TPSA) is 32.8 Å². The van der Waals surface area contributed by atoms with Gasteiger partial charge in [-0.1, -0.05) is 56.0 Å². The molecule has 1 saturated heterocycles. The normalized spacial score (nSPS) is 25.3. The van der Waals surface area contributed by atoms with E-state index in [2.05, 4.69) is 37.0 Å². The molecule has 0 bridgehead atoms. The van der Waals surface area contributed by atoms with Crippen LogP contribution in [0.4, 0.5) is 5.69 Å². The Balaban J connectivity index is 1.71. The van der Waals surface area contributed by atoms with Gasteiger partial charge in [0.15, 0.2) is 5.75 Å². The quantitative estimate of drug-likeness (QED) is 0.490. The molecule has 0 unspecified atom stereocenters. The number of hydrogen-bond acceptors (Lipinski definition) is 5. The number of carbonyl (C=O) groups excluding carboxylic acids is 1. The van der Waals surface area contributed by atoms with Crippen molar-refractivity contribution in [3.63, 3.8) is 0 Å². The molecule has 0 saturated carbocycles. The summed E-state index contributed by atoms with van der Waals surface area (Å²) in [6.45, 7) is 7.06. The van der Waals surface area contributed by atoms with Crippen LogP contribution in [0, 0.1) is 5.41 Å². The zero-order valence-electron chi connectivity index (χ0n) is 16.6. The van der Waals surface area contributed by atoms with Crippen LogP contribution in [-0.4, -0.2) is 28.7 Å². The van der Waals surface area contributed by atoms with Crippen LogP contribution in [0.15, 0.2) is 58.4 Å². The fourth-order valence-corrected chi connectivity index (χ4v) is 5.39. The number of rotatable bonds is 2. The van der Waals surface area contributed by atoms with Gasteiger partial charge in [-0.2, -0.15) is 0 Å². The molecule has 1 amide bonds. The summed E-state index contributed by atoms with van der Waals surface area (Å²) in [6, 6.07) is 8.02. The monoisotopic (exact) mass is 412 g/mol. The largest absolute Gasteiger partial charge is 0.439 e.